The highest BCUT2D eigenvalue weighted by Gasteiger charge is 2.26. The third-order valence-corrected chi connectivity index (χ3v) is 5.60. The van der Waals surface area contributed by atoms with Crippen molar-refractivity contribution in [3.8, 4) is 5.75 Å². The Bertz CT molecular complexity index is 546. The highest BCUT2D eigenvalue weighted by molar-refractivity contribution is 5.62. The van der Waals surface area contributed by atoms with E-state index in [0.717, 1.165) is 45.0 Å². The van der Waals surface area contributed by atoms with Crippen LogP contribution in [0.15, 0.2) is 18.2 Å². The molecule has 0 bridgehead atoms. The first-order valence-electron chi connectivity index (χ1n) is 9.47. The third kappa shape index (κ3) is 4.57. The molecule has 2 heterocycles. The largest absolute Gasteiger partial charge is 0.495 e. The maximum absolute atomic E-state index is 9.14. The van der Waals surface area contributed by atoms with Crippen molar-refractivity contribution in [2.24, 2.45) is 0 Å². The van der Waals surface area contributed by atoms with Crippen LogP contribution in [0.25, 0.3) is 0 Å². The highest BCUT2D eigenvalue weighted by atomic mass is 16.5. The van der Waals surface area contributed by atoms with Crippen LogP contribution in [0.3, 0.4) is 0 Å². The van der Waals surface area contributed by atoms with Gasteiger partial charge < -0.3 is 20.5 Å². The second kappa shape index (κ2) is 8.74. The molecule has 0 unspecified atom stereocenters. The third-order valence-electron chi connectivity index (χ3n) is 5.60. The van der Waals surface area contributed by atoms with Crippen LogP contribution >= 0.6 is 0 Å². The van der Waals surface area contributed by atoms with Gasteiger partial charge in [-0.25, -0.2) is 0 Å². The number of β-amino-alcohol motifs (C(OH)–C–C–N with tert-alkyl or cyclic N) is 1. The molecule has 0 amide bonds. The minimum absolute atomic E-state index is 0.267. The van der Waals surface area contributed by atoms with Crippen molar-refractivity contribution in [2.75, 3.05) is 70.2 Å². The number of piperidine rings is 1. The maximum atomic E-state index is 9.14. The van der Waals surface area contributed by atoms with E-state index in [-0.39, 0.29) is 6.61 Å². The van der Waals surface area contributed by atoms with Crippen molar-refractivity contribution in [1.82, 2.24) is 9.80 Å². The Morgan fingerprint density at radius 1 is 1.12 bits per heavy atom. The smallest absolute Gasteiger partial charge is 0.143 e. The molecule has 3 rings (SSSR count). The van der Waals surface area contributed by atoms with E-state index in [0.29, 0.717) is 11.7 Å². The molecule has 3 N–H and O–H groups in total. The number of rotatable bonds is 5. The molecule has 0 aromatic heterocycles. The first-order valence-corrected chi connectivity index (χ1v) is 9.47. The van der Waals surface area contributed by atoms with Crippen molar-refractivity contribution < 1.29 is 9.84 Å². The number of ether oxygens (including phenoxy) is 1. The van der Waals surface area contributed by atoms with Crippen molar-refractivity contribution in [1.29, 1.82) is 0 Å². The van der Waals surface area contributed by atoms with Crippen LogP contribution in [-0.2, 0) is 0 Å². The highest BCUT2D eigenvalue weighted by Crippen LogP contribution is 2.30. The van der Waals surface area contributed by atoms with Gasteiger partial charge in [0, 0.05) is 50.5 Å². The molecular formula is C19H32N4O2. The summed E-state index contributed by atoms with van der Waals surface area (Å²) < 4.78 is 5.35. The van der Waals surface area contributed by atoms with Gasteiger partial charge in [-0.1, -0.05) is 0 Å². The fraction of sp³-hybridized carbons (Fsp3) is 0.684. The summed E-state index contributed by atoms with van der Waals surface area (Å²) in [6.07, 6.45) is 3.61. The first-order chi connectivity index (χ1) is 12.2. The molecule has 25 heavy (non-hydrogen) atoms. The Kier molecular flexibility index (Phi) is 6.39. The Morgan fingerprint density at radius 2 is 1.92 bits per heavy atom. The quantitative estimate of drug-likeness (QED) is 0.781. The lowest BCUT2D eigenvalue weighted by molar-refractivity contribution is 0.164. The van der Waals surface area contributed by atoms with Crippen LogP contribution in [-0.4, -0.2) is 80.5 Å². The van der Waals surface area contributed by atoms with Crippen molar-refractivity contribution in [3.05, 3.63) is 18.2 Å². The lowest BCUT2D eigenvalue weighted by Gasteiger charge is -2.39. The van der Waals surface area contributed by atoms with Gasteiger partial charge in [0.15, 0.2) is 0 Å². The molecule has 0 saturated carbocycles. The van der Waals surface area contributed by atoms with Gasteiger partial charge in [-0.2, -0.15) is 0 Å². The second-order valence-corrected chi connectivity index (χ2v) is 7.10. The molecule has 0 atom stereocenters. The Morgan fingerprint density at radius 3 is 2.64 bits per heavy atom. The number of nitrogen functional groups attached to an aromatic ring is 1. The van der Waals surface area contributed by atoms with Gasteiger partial charge >= 0.3 is 0 Å². The fourth-order valence-corrected chi connectivity index (χ4v) is 4.11. The van der Waals surface area contributed by atoms with Gasteiger partial charge in [-0.3, -0.25) is 9.80 Å². The Labute approximate surface area is 151 Å². The van der Waals surface area contributed by atoms with Crippen LogP contribution in [0, 0.1) is 0 Å². The number of aliphatic hydroxyl groups is 1. The number of benzene rings is 1. The number of hydrogen-bond acceptors (Lipinski definition) is 6. The van der Waals surface area contributed by atoms with Crippen molar-refractivity contribution in [3.63, 3.8) is 0 Å². The second-order valence-electron chi connectivity index (χ2n) is 7.10. The van der Waals surface area contributed by atoms with E-state index in [4.69, 9.17) is 15.6 Å². The number of nitrogens with zero attached hydrogens (tertiary/aromatic N) is 3. The summed E-state index contributed by atoms with van der Waals surface area (Å²) in [7, 11) is 1.67. The van der Waals surface area contributed by atoms with E-state index in [2.05, 4.69) is 20.8 Å². The van der Waals surface area contributed by atoms with Gasteiger partial charge in [-0.05, 0) is 44.5 Å². The molecule has 2 saturated heterocycles. The molecule has 140 valence electrons. The molecule has 2 fully saturated rings. The molecular weight excluding hydrogens is 316 g/mol. The summed E-state index contributed by atoms with van der Waals surface area (Å²) in [4.78, 5) is 7.49. The topological polar surface area (TPSA) is 65.2 Å². The molecule has 1 aromatic carbocycles. The molecule has 0 radical (unpaired) electrons. The SMILES string of the molecule is COc1cc(N2CCC(N3CCCN(CCO)CC3)CC2)ccc1N. The van der Waals surface area contributed by atoms with E-state index in [9.17, 15) is 0 Å². The predicted molar refractivity (Wildman–Crippen MR) is 102 cm³/mol. The average molecular weight is 348 g/mol. The number of methoxy groups -OCH3 is 1. The Balaban J connectivity index is 1.53. The lowest BCUT2D eigenvalue weighted by Crippen LogP contribution is -2.46. The van der Waals surface area contributed by atoms with Crippen LogP contribution in [0.4, 0.5) is 11.4 Å². The average Bonchev–Trinajstić information content (AvgIpc) is 2.88. The van der Waals surface area contributed by atoms with Crippen LogP contribution in [0.1, 0.15) is 19.3 Å². The zero-order valence-corrected chi connectivity index (χ0v) is 15.4. The minimum Gasteiger partial charge on any atom is -0.495 e. The zero-order valence-electron chi connectivity index (χ0n) is 15.4. The number of nitrogens with two attached hydrogens (primary N) is 1. The van der Waals surface area contributed by atoms with Crippen molar-refractivity contribution in [2.45, 2.75) is 25.3 Å². The summed E-state index contributed by atoms with van der Waals surface area (Å²) in [6, 6.07) is 6.76. The molecule has 0 aliphatic carbocycles. The summed E-state index contributed by atoms with van der Waals surface area (Å²) >= 11 is 0. The number of anilines is 2. The summed E-state index contributed by atoms with van der Waals surface area (Å²) in [5.74, 6) is 0.760. The van der Waals surface area contributed by atoms with E-state index >= 15 is 0 Å². The predicted octanol–water partition coefficient (Wildman–Crippen LogP) is 1.25. The van der Waals surface area contributed by atoms with Gasteiger partial charge in [0.1, 0.15) is 5.75 Å². The summed E-state index contributed by atoms with van der Waals surface area (Å²) in [5, 5.41) is 9.14. The van der Waals surface area contributed by atoms with E-state index in [1.54, 1.807) is 7.11 Å². The monoisotopic (exact) mass is 348 g/mol. The van der Waals surface area contributed by atoms with Crippen LogP contribution in [0.5, 0.6) is 5.75 Å². The maximum Gasteiger partial charge on any atom is 0.143 e. The normalized spacial score (nSPS) is 21.3. The van der Waals surface area contributed by atoms with Gasteiger partial charge in [0.2, 0.25) is 0 Å². The standard InChI is InChI=1S/C19H32N4O2/c1-25-19-15-17(3-4-18(19)20)23-9-5-16(6-10-23)22-8-2-7-21(11-12-22)13-14-24/h3-4,15-16,24H,2,5-14,20H2,1H3. The molecule has 0 spiro atoms. The van der Waals surface area contributed by atoms with E-state index in [1.165, 1.54) is 31.5 Å². The number of aliphatic hydroxyl groups excluding tert-OH is 1. The first kappa shape index (κ1) is 18.3. The summed E-state index contributed by atoms with van der Waals surface area (Å²) in [6.45, 7) is 7.73. The molecule has 6 nitrogen and oxygen atoms in total. The van der Waals surface area contributed by atoms with E-state index < -0.39 is 0 Å². The minimum atomic E-state index is 0.267. The van der Waals surface area contributed by atoms with Crippen molar-refractivity contribution >= 4 is 11.4 Å². The molecule has 2 aliphatic rings. The van der Waals surface area contributed by atoms with Gasteiger partial charge in [0.05, 0.1) is 19.4 Å². The van der Waals surface area contributed by atoms with Gasteiger partial charge in [-0.15, -0.1) is 0 Å². The molecule has 6 heteroatoms. The summed E-state index contributed by atoms with van der Waals surface area (Å²) in [5.41, 5.74) is 7.82. The van der Waals surface area contributed by atoms with E-state index in [1.807, 2.05) is 12.1 Å². The number of hydrogen-bond donors (Lipinski definition) is 2. The molecule has 2 aliphatic heterocycles. The van der Waals surface area contributed by atoms with Gasteiger partial charge in [0.25, 0.3) is 0 Å². The zero-order chi connectivity index (χ0) is 17.6. The van der Waals surface area contributed by atoms with Crippen LogP contribution < -0.4 is 15.4 Å². The lowest BCUT2D eigenvalue weighted by atomic mass is 10.0. The Hall–Kier alpha value is -1.50. The molecule has 1 aromatic rings. The fourth-order valence-electron chi connectivity index (χ4n) is 4.11. The van der Waals surface area contributed by atoms with Crippen LogP contribution in [0.2, 0.25) is 0 Å².